The molecule has 22 heavy (non-hydrogen) atoms. The third-order valence-electron chi connectivity index (χ3n) is 3.12. The van der Waals surface area contributed by atoms with Crippen LogP contribution in [0.5, 0.6) is 0 Å². The molecule has 7 heteroatoms. The van der Waals surface area contributed by atoms with Gasteiger partial charge in [0, 0.05) is 30.5 Å². The number of hydrogen-bond donors (Lipinski definition) is 2. The minimum Gasteiger partial charge on any atom is -0.396 e. The standard InChI is InChI=1S/C15H20N4O2S/c1-11(21)16-10-14-17-15(18-19(14)8-3-9-20)12-4-6-13(22-2)7-5-12/h4-7,20H,3,8-10H2,1-2H3,(H,16,21). The molecule has 0 aliphatic heterocycles. The summed E-state index contributed by atoms with van der Waals surface area (Å²) in [5.74, 6) is 1.21. The van der Waals surface area contributed by atoms with Crippen LogP contribution in [0.3, 0.4) is 0 Å². The molecule has 1 amide bonds. The van der Waals surface area contributed by atoms with Crippen LogP contribution >= 0.6 is 11.8 Å². The summed E-state index contributed by atoms with van der Waals surface area (Å²) >= 11 is 1.68. The molecule has 0 saturated heterocycles. The van der Waals surface area contributed by atoms with Gasteiger partial charge in [-0.15, -0.1) is 11.8 Å². The van der Waals surface area contributed by atoms with Gasteiger partial charge in [0.2, 0.25) is 5.91 Å². The first kappa shape index (κ1) is 16.5. The van der Waals surface area contributed by atoms with Crippen molar-refractivity contribution >= 4 is 17.7 Å². The third kappa shape index (κ3) is 4.32. The molecule has 0 radical (unpaired) electrons. The number of aliphatic hydroxyl groups is 1. The highest BCUT2D eigenvalue weighted by molar-refractivity contribution is 7.98. The van der Waals surface area contributed by atoms with Gasteiger partial charge in [0.05, 0.1) is 6.54 Å². The molecule has 0 atom stereocenters. The van der Waals surface area contributed by atoms with Gasteiger partial charge in [-0.1, -0.05) is 12.1 Å². The van der Waals surface area contributed by atoms with E-state index in [9.17, 15) is 4.79 Å². The van der Waals surface area contributed by atoms with Gasteiger partial charge in [-0.3, -0.25) is 4.79 Å². The van der Waals surface area contributed by atoms with E-state index in [2.05, 4.69) is 15.4 Å². The first-order chi connectivity index (χ1) is 10.6. The van der Waals surface area contributed by atoms with E-state index in [1.807, 2.05) is 30.5 Å². The van der Waals surface area contributed by atoms with Gasteiger partial charge in [0.15, 0.2) is 5.82 Å². The summed E-state index contributed by atoms with van der Waals surface area (Å²) in [6, 6.07) is 8.03. The smallest absolute Gasteiger partial charge is 0.217 e. The van der Waals surface area contributed by atoms with Crippen LogP contribution in [0.15, 0.2) is 29.2 Å². The van der Waals surface area contributed by atoms with E-state index < -0.39 is 0 Å². The molecular formula is C15H20N4O2S. The fraction of sp³-hybridized carbons (Fsp3) is 0.400. The van der Waals surface area contributed by atoms with Gasteiger partial charge in [0.25, 0.3) is 0 Å². The number of benzene rings is 1. The second-order valence-electron chi connectivity index (χ2n) is 4.79. The Morgan fingerprint density at radius 3 is 2.68 bits per heavy atom. The lowest BCUT2D eigenvalue weighted by Crippen LogP contribution is -2.22. The van der Waals surface area contributed by atoms with Crippen molar-refractivity contribution in [2.45, 2.75) is 31.3 Å². The number of carbonyl (C=O) groups excluding carboxylic acids is 1. The molecule has 0 fully saturated rings. The Bertz CT molecular complexity index is 625. The Hall–Kier alpha value is -1.86. The van der Waals surface area contributed by atoms with Crippen molar-refractivity contribution in [1.82, 2.24) is 20.1 Å². The topological polar surface area (TPSA) is 80.0 Å². The van der Waals surface area contributed by atoms with Crippen LogP contribution in [0.4, 0.5) is 0 Å². The maximum Gasteiger partial charge on any atom is 0.217 e. The average molecular weight is 320 g/mol. The molecule has 0 aliphatic carbocycles. The summed E-state index contributed by atoms with van der Waals surface area (Å²) in [6.07, 6.45) is 2.63. The number of aliphatic hydroxyl groups excluding tert-OH is 1. The van der Waals surface area contributed by atoms with Gasteiger partial charge in [-0.25, -0.2) is 9.67 Å². The molecule has 2 aromatic rings. The molecule has 0 saturated carbocycles. The lowest BCUT2D eigenvalue weighted by molar-refractivity contribution is -0.119. The SMILES string of the molecule is CSc1ccc(-c2nc(CNC(C)=O)n(CCCO)n2)cc1. The number of carbonyl (C=O) groups is 1. The van der Waals surface area contributed by atoms with E-state index in [1.165, 1.54) is 11.8 Å². The number of nitrogens with zero attached hydrogens (tertiary/aromatic N) is 3. The lowest BCUT2D eigenvalue weighted by atomic mass is 10.2. The quantitative estimate of drug-likeness (QED) is 0.759. The summed E-state index contributed by atoms with van der Waals surface area (Å²) < 4.78 is 1.74. The Labute approximate surface area is 133 Å². The second kappa shape index (κ2) is 7.95. The minimum absolute atomic E-state index is 0.0944. The van der Waals surface area contributed by atoms with E-state index >= 15 is 0 Å². The van der Waals surface area contributed by atoms with Crippen LogP contribution in [0, 0.1) is 0 Å². The van der Waals surface area contributed by atoms with Crippen LogP contribution in [0.2, 0.25) is 0 Å². The van der Waals surface area contributed by atoms with E-state index in [0.29, 0.717) is 31.2 Å². The van der Waals surface area contributed by atoms with Crippen molar-refractivity contribution in [2.24, 2.45) is 0 Å². The van der Waals surface area contributed by atoms with Crippen LogP contribution in [-0.4, -0.2) is 38.6 Å². The number of hydrogen-bond acceptors (Lipinski definition) is 5. The molecule has 0 spiro atoms. The van der Waals surface area contributed by atoms with Gasteiger partial charge >= 0.3 is 0 Å². The fourth-order valence-electron chi connectivity index (χ4n) is 1.97. The van der Waals surface area contributed by atoms with E-state index in [1.54, 1.807) is 16.4 Å². The van der Waals surface area contributed by atoms with Crippen LogP contribution < -0.4 is 5.32 Å². The number of aryl methyl sites for hydroxylation is 1. The molecule has 1 heterocycles. The molecule has 0 unspecified atom stereocenters. The number of amides is 1. The zero-order chi connectivity index (χ0) is 15.9. The van der Waals surface area contributed by atoms with Crippen LogP contribution in [-0.2, 0) is 17.9 Å². The molecule has 118 valence electrons. The van der Waals surface area contributed by atoms with Gasteiger partial charge < -0.3 is 10.4 Å². The first-order valence-corrected chi connectivity index (χ1v) is 8.30. The Morgan fingerprint density at radius 1 is 1.36 bits per heavy atom. The lowest BCUT2D eigenvalue weighted by Gasteiger charge is -2.04. The zero-order valence-electron chi connectivity index (χ0n) is 12.7. The van der Waals surface area contributed by atoms with Gasteiger partial charge in [-0.05, 0) is 24.8 Å². The summed E-state index contributed by atoms with van der Waals surface area (Å²) in [5, 5.41) is 16.2. The third-order valence-corrected chi connectivity index (χ3v) is 3.86. The summed E-state index contributed by atoms with van der Waals surface area (Å²) in [4.78, 5) is 16.8. The summed E-state index contributed by atoms with van der Waals surface area (Å²) in [6.45, 7) is 2.46. The molecule has 6 nitrogen and oxygen atoms in total. The van der Waals surface area contributed by atoms with Crippen LogP contribution in [0.1, 0.15) is 19.2 Å². The van der Waals surface area contributed by atoms with Crippen molar-refractivity contribution in [3.8, 4) is 11.4 Å². The summed E-state index contributed by atoms with van der Waals surface area (Å²) in [5.41, 5.74) is 0.935. The van der Waals surface area contributed by atoms with Gasteiger partial charge in [0.1, 0.15) is 5.82 Å². The zero-order valence-corrected chi connectivity index (χ0v) is 13.6. The predicted molar refractivity (Wildman–Crippen MR) is 86.5 cm³/mol. The maximum absolute atomic E-state index is 11.1. The van der Waals surface area contributed by atoms with Crippen molar-refractivity contribution in [2.75, 3.05) is 12.9 Å². The predicted octanol–water partition coefficient (Wildman–Crippen LogP) is 1.69. The Morgan fingerprint density at radius 2 is 2.09 bits per heavy atom. The Balaban J connectivity index is 2.24. The normalized spacial score (nSPS) is 10.7. The Kier molecular flexibility index (Phi) is 5.97. The van der Waals surface area contributed by atoms with E-state index in [0.717, 1.165) is 5.56 Å². The van der Waals surface area contributed by atoms with Crippen molar-refractivity contribution < 1.29 is 9.90 Å². The molecule has 1 aromatic heterocycles. The number of nitrogens with one attached hydrogen (secondary N) is 1. The monoisotopic (exact) mass is 320 g/mol. The first-order valence-electron chi connectivity index (χ1n) is 7.07. The van der Waals surface area contributed by atoms with Crippen LogP contribution in [0.25, 0.3) is 11.4 Å². The fourth-order valence-corrected chi connectivity index (χ4v) is 2.38. The number of rotatable bonds is 7. The molecule has 0 aliphatic rings. The minimum atomic E-state index is -0.109. The molecule has 2 N–H and O–H groups in total. The maximum atomic E-state index is 11.1. The second-order valence-corrected chi connectivity index (χ2v) is 5.67. The largest absolute Gasteiger partial charge is 0.396 e. The molecule has 0 bridgehead atoms. The van der Waals surface area contributed by atoms with Gasteiger partial charge in [-0.2, -0.15) is 5.10 Å². The van der Waals surface area contributed by atoms with Crippen molar-refractivity contribution in [3.05, 3.63) is 30.1 Å². The van der Waals surface area contributed by atoms with E-state index in [4.69, 9.17) is 5.11 Å². The highest BCUT2D eigenvalue weighted by Gasteiger charge is 2.11. The van der Waals surface area contributed by atoms with Crippen molar-refractivity contribution in [3.63, 3.8) is 0 Å². The number of thioether (sulfide) groups is 1. The molecular weight excluding hydrogens is 300 g/mol. The molecule has 2 rings (SSSR count). The number of aromatic nitrogens is 3. The average Bonchev–Trinajstić information content (AvgIpc) is 2.94. The highest BCUT2D eigenvalue weighted by atomic mass is 32.2. The molecule has 1 aromatic carbocycles. The highest BCUT2D eigenvalue weighted by Crippen LogP contribution is 2.21. The van der Waals surface area contributed by atoms with Crippen molar-refractivity contribution in [1.29, 1.82) is 0 Å². The van der Waals surface area contributed by atoms with E-state index in [-0.39, 0.29) is 12.5 Å². The summed E-state index contributed by atoms with van der Waals surface area (Å²) in [7, 11) is 0.